The largest absolute Gasteiger partial charge is 0.487 e. The summed E-state index contributed by atoms with van der Waals surface area (Å²) < 4.78 is 50.9. The summed E-state index contributed by atoms with van der Waals surface area (Å²) in [7, 11) is 0. The number of alkyl halides is 3. The van der Waals surface area contributed by atoms with E-state index in [0.717, 1.165) is 24.7 Å². The second-order valence-electron chi connectivity index (χ2n) is 6.97. The topological polar surface area (TPSA) is 111 Å². The monoisotopic (exact) mass is 419 g/mol. The summed E-state index contributed by atoms with van der Waals surface area (Å²) in [6.45, 7) is 0.147. The third kappa shape index (κ3) is 4.07. The number of halogens is 3. The minimum atomic E-state index is -4.83. The molecule has 0 radical (unpaired) electrons. The SMILES string of the molecule is NC(=O)c1cc(-c2ccc(OCc3cc(C4CC4)on3)cc2)c(C(F)(F)F)[nH]c1=O. The highest BCUT2D eigenvalue weighted by molar-refractivity contribution is 5.94. The zero-order chi connectivity index (χ0) is 21.5. The molecule has 2 aromatic heterocycles. The van der Waals surface area contributed by atoms with E-state index in [2.05, 4.69) is 5.16 Å². The normalized spacial score (nSPS) is 14.0. The number of amides is 1. The van der Waals surface area contributed by atoms with Gasteiger partial charge in [-0.05, 0) is 36.6 Å². The van der Waals surface area contributed by atoms with Crippen molar-refractivity contribution in [2.24, 2.45) is 5.73 Å². The summed E-state index contributed by atoms with van der Waals surface area (Å²) in [5.41, 5.74) is 2.45. The summed E-state index contributed by atoms with van der Waals surface area (Å²) >= 11 is 0. The van der Waals surface area contributed by atoms with Gasteiger partial charge in [0, 0.05) is 17.5 Å². The van der Waals surface area contributed by atoms with Crippen LogP contribution in [-0.4, -0.2) is 16.0 Å². The highest BCUT2D eigenvalue weighted by Gasteiger charge is 2.36. The lowest BCUT2D eigenvalue weighted by Gasteiger charge is -2.14. The van der Waals surface area contributed by atoms with Crippen LogP contribution in [0.4, 0.5) is 13.2 Å². The molecule has 1 aliphatic rings. The van der Waals surface area contributed by atoms with Crippen LogP contribution in [0.1, 0.15) is 46.3 Å². The molecule has 3 aromatic rings. The van der Waals surface area contributed by atoms with Crippen molar-refractivity contribution in [3.8, 4) is 16.9 Å². The van der Waals surface area contributed by atoms with Crippen molar-refractivity contribution in [1.29, 1.82) is 0 Å². The quantitative estimate of drug-likeness (QED) is 0.634. The van der Waals surface area contributed by atoms with E-state index < -0.39 is 28.9 Å². The van der Waals surface area contributed by atoms with E-state index in [1.807, 2.05) is 6.07 Å². The summed E-state index contributed by atoms with van der Waals surface area (Å²) in [6, 6.07) is 8.41. The number of nitrogens with two attached hydrogens (primary N) is 1. The number of ether oxygens (including phenoxy) is 1. The number of nitrogens with zero attached hydrogens (tertiary/aromatic N) is 1. The summed E-state index contributed by atoms with van der Waals surface area (Å²) in [5.74, 6) is 0.537. The fourth-order valence-electron chi connectivity index (χ4n) is 3.01. The third-order valence-corrected chi connectivity index (χ3v) is 4.70. The fraction of sp³-hybridized carbons (Fsp3) is 0.250. The molecular formula is C20H16F3N3O4. The predicted molar refractivity (Wildman–Crippen MR) is 98.8 cm³/mol. The van der Waals surface area contributed by atoms with E-state index in [4.69, 9.17) is 15.0 Å². The first-order chi connectivity index (χ1) is 14.2. The first-order valence-electron chi connectivity index (χ1n) is 9.05. The Bertz CT molecular complexity index is 1150. The molecule has 0 saturated heterocycles. The van der Waals surface area contributed by atoms with Gasteiger partial charge in [0.15, 0.2) is 0 Å². The van der Waals surface area contributed by atoms with Crippen molar-refractivity contribution in [3.05, 3.63) is 69.5 Å². The number of benzene rings is 1. The Balaban J connectivity index is 1.57. The van der Waals surface area contributed by atoms with Crippen LogP contribution < -0.4 is 16.0 Å². The van der Waals surface area contributed by atoms with Gasteiger partial charge in [-0.25, -0.2) is 0 Å². The molecule has 0 atom stereocenters. The van der Waals surface area contributed by atoms with Crippen LogP contribution in [0.5, 0.6) is 5.75 Å². The Hall–Kier alpha value is -3.56. The predicted octanol–water partition coefficient (Wildman–Crippen LogP) is 3.60. The Morgan fingerprint density at radius 2 is 1.93 bits per heavy atom. The summed E-state index contributed by atoms with van der Waals surface area (Å²) in [4.78, 5) is 24.8. The molecule has 156 valence electrons. The number of primary amides is 1. The minimum Gasteiger partial charge on any atom is -0.487 e. The maximum absolute atomic E-state index is 13.4. The number of nitrogens with one attached hydrogen (secondary N) is 1. The number of carbonyl (C=O) groups is 1. The average molecular weight is 419 g/mol. The summed E-state index contributed by atoms with van der Waals surface area (Å²) in [6.07, 6.45) is -2.66. The van der Waals surface area contributed by atoms with Gasteiger partial charge in [-0.15, -0.1) is 0 Å². The molecule has 1 fully saturated rings. The molecule has 2 heterocycles. The van der Waals surface area contributed by atoms with E-state index in [0.29, 0.717) is 17.4 Å². The van der Waals surface area contributed by atoms with Crippen LogP contribution in [0.2, 0.25) is 0 Å². The van der Waals surface area contributed by atoms with Crippen LogP contribution in [0.15, 0.2) is 45.7 Å². The van der Waals surface area contributed by atoms with Gasteiger partial charge in [0.1, 0.15) is 35.1 Å². The number of hydrogen-bond acceptors (Lipinski definition) is 5. The lowest BCUT2D eigenvalue weighted by molar-refractivity contribution is -0.140. The van der Waals surface area contributed by atoms with Gasteiger partial charge in [-0.3, -0.25) is 9.59 Å². The number of aromatic nitrogens is 2. The number of pyridine rings is 1. The second kappa shape index (κ2) is 7.36. The maximum atomic E-state index is 13.4. The molecule has 1 saturated carbocycles. The molecule has 0 spiro atoms. The Morgan fingerprint density at radius 1 is 1.23 bits per heavy atom. The van der Waals surface area contributed by atoms with Crippen molar-refractivity contribution in [3.63, 3.8) is 0 Å². The van der Waals surface area contributed by atoms with Gasteiger partial charge >= 0.3 is 6.18 Å². The highest BCUT2D eigenvalue weighted by Crippen LogP contribution is 2.40. The molecule has 1 aliphatic carbocycles. The van der Waals surface area contributed by atoms with Crippen LogP contribution in [-0.2, 0) is 12.8 Å². The van der Waals surface area contributed by atoms with E-state index in [-0.39, 0.29) is 17.7 Å². The standard InChI is InChI=1S/C20H16F3N3O4/c21-20(22,23)17-14(8-15(18(24)27)19(28)25-17)10-3-5-13(6-4-10)29-9-12-7-16(30-26-12)11-1-2-11/h3-8,11H,1-2,9H2,(H2,24,27)(H,25,28). The van der Waals surface area contributed by atoms with Gasteiger partial charge in [0.2, 0.25) is 0 Å². The Morgan fingerprint density at radius 3 is 2.53 bits per heavy atom. The maximum Gasteiger partial charge on any atom is 0.431 e. The zero-order valence-corrected chi connectivity index (χ0v) is 15.5. The average Bonchev–Trinajstić information content (AvgIpc) is 3.44. The first kappa shape index (κ1) is 19.7. The number of rotatable bonds is 6. The fourth-order valence-corrected chi connectivity index (χ4v) is 3.01. The van der Waals surface area contributed by atoms with Crippen molar-refractivity contribution < 1.29 is 27.2 Å². The van der Waals surface area contributed by atoms with Gasteiger partial charge in [0.25, 0.3) is 11.5 Å². The third-order valence-electron chi connectivity index (χ3n) is 4.70. The molecule has 4 rings (SSSR count). The number of aromatic amines is 1. The number of carbonyl (C=O) groups excluding carboxylic acids is 1. The van der Waals surface area contributed by atoms with Crippen LogP contribution in [0, 0.1) is 0 Å². The molecule has 0 aliphatic heterocycles. The number of H-pyrrole nitrogens is 1. The zero-order valence-electron chi connectivity index (χ0n) is 15.5. The van der Waals surface area contributed by atoms with E-state index >= 15 is 0 Å². The minimum absolute atomic E-state index is 0.130. The van der Waals surface area contributed by atoms with Gasteiger partial charge in [-0.1, -0.05) is 17.3 Å². The van der Waals surface area contributed by atoms with Crippen LogP contribution in [0.25, 0.3) is 11.1 Å². The Labute approximate surface area is 167 Å². The van der Waals surface area contributed by atoms with Gasteiger partial charge < -0.3 is 20.0 Å². The van der Waals surface area contributed by atoms with E-state index in [1.165, 1.54) is 24.3 Å². The molecule has 0 unspecified atom stereocenters. The second-order valence-corrected chi connectivity index (χ2v) is 6.97. The van der Waals surface area contributed by atoms with Crippen molar-refractivity contribution in [2.75, 3.05) is 0 Å². The van der Waals surface area contributed by atoms with Crippen molar-refractivity contribution >= 4 is 5.91 Å². The molecule has 10 heteroatoms. The van der Waals surface area contributed by atoms with Crippen molar-refractivity contribution in [2.45, 2.75) is 31.5 Å². The molecule has 1 aromatic carbocycles. The Kier molecular flexibility index (Phi) is 4.84. The van der Waals surface area contributed by atoms with Crippen LogP contribution in [0.3, 0.4) is 0 Å². The van der Waals surface area contributed by atoms with Gasteiger partial charge in [-0.2, -0.15) is 13.2 Å². The highest BCUT2D eigenvalue weighted by atomic mass is 19.4. The van der Waals surface area contributed by atoms with Crippen LogP contribution >= 0.6 is 0 Å². The molecule has 3 N–H and O–H groups in total. The molecule has 1 amide bonds. The molecular weight excluding hydrogens is 403 g/mol. The first-order valence-corrected chi connectivity index (χ1v) is 9.05. The lowest BCUT2D eigenvalue weighted by Crippen LogP contribution is -2.27. The molecule has 0 bridgehead atoms. The van der Waals surface area contributed by atoms with Gasteiger partial charge in [0.05, 0.1) is 0 Å². The van der Waals surface area contributed by atoms with E-state index in [9.17, 15) is 22.8 Å². The number of hydrogen-bond donors (Lipinski definition) is 2. The van der Waals surface area contributed by atoms with Crippen molar-refractivity contribution in [1.82, 2.24) is 10.1 Å². The molecule has 30 heavy (non-hydrogen) atoms. The lowest BCUT2D eigenvalue weighted by atomic mass is 10.0. The molecule has 7 nitrogen and oxygen atoms in total. The summed E-state index contributed by atoms with van der Waals surface area (Å²) in [5, 5.41) is 3.93. The van der Waals surface area contributed by atoms with E-state index in [1.54, 1.807) is 4.98 Å². The smallest absolute Gasteiger partial charge is 0.431 e.